The zero-order chi connectivity index (χ0) is 13.9. The Morgan fingerprint density at radius 2 is 1.80 bits per heavy atom. The van der Waals surface area contributed by atoms with Crippen molar-refractivity contribution >= 4 is 17.3 Å². The second kappa shape index (κ2) is 5.22. The van der Waals surface area contributed by atoms with Gasteiger partial charge in [-0.15, -0.1) is 11.3 Å². The molecule has 3 rings (SSSR count). The van der Waals surface area contributed by atoms with E-state index in [1.807, 2.05) is 36.4 Å². The predicted octanol–water partition coefficient (Wildman–Crippen LogP) is 3.57. The fraction of sp³-hybridized carbons (Fsp3) is 0. The van der Waals surface area contributed by atoms with Crippen LogP contribution in [-0.2, 0) is 0 Å². The number of pyridine rings is 1. The number of rotatable bonds is 3. The quantitative estimate of drug-likeness (QED) is 0.797. The lowest BCUT2D eigenvalue weighted by Gasteiger charge is -1.97. The van der Waals surface area contributed by atoms with E-state index >= 15 is 0 Å². The molecule has 0 atom stereocenters. The molecule has 98 valence electrons. The summed E-state index contributed by atoms with van der Waals surface area (Å²) < 4.78 is 0. The zero-order valence-corrected chi connectivity index (χ0v) is 11.2. The number of hydrogen-bond acceptors (Lipinski definition) is 4. The number of aromatic carboxylic acids is 1. The van der Waals surface area contributed by atoms with Crippen LogP contribution in [0.25, 0.3) is 21.8 Å². The number of benzene rings is 1. The molecule has 0 aliphatic carbocycles. The van der Waals surface area contributed by atoms with Gasteiger partial charge in [0.25, 0.3) is 0 Å². The van der Waals surface area contributed by atoms with Crippen molar-refractivity contribution in [2.45, 2.75) is 0 Å². The van der Waals surface area contributed by atoms with E-state index in [0.717, 1.165) is 22.5 Å². The number of carboxylic acids is 1. The third-order valence-electron chi connectivity index (χ3n) is 2.78. The lowest BCUT2D eigenvalue weighted by Crippen LogP contribution is -1.95. The standard InChI is InChI=1S/C15H10N2O2S/c18-15(19)13-12(10-5-2-1-3-6-10)17-14(20-13)11-7-4-8-16-9-11/h1-9H,(H,18,19). The Balaban J connectivity index is 2.15. The molecule has 0 spiro atoms. The van der Waals surface area contributed by atoms with E-state index in [0.29, 0.717) is 10.7 Å². The molecule has 0 saturated carbocycles. The number of aromatic nitrogens is 2. The van der Waals surface area contributed by atoms with E-state index in [1.165, 1.54) is 0 Å². The number of thiazole rings is 1. The molecule has 5 heteroatoms. The summed E-state index contributed by atoms with van der Waals surface area (Å²) in [6, 6.07) is 13.0. The van der Waals surface area contributed by atoms with E-state index in [1.54, 1.807) is 18.5 Å². The maximum atomic E-state index is 11.4. The minimum atomic E-state index is -0.962. The molecule has 1 aromatic carbocycles. The highest BCUT2D eigenvalue weighted by Gasteiger charge is 2.19. The van der Waals surface area contributed by atoms with Crippen molar-refractivity contribution in [3.8, 4) is 21.8 Å². The molecule has 2 heterocycles. The van der Waals surface area contributed by atoms with Crippen LogP contribution in [0.5, 0.6) is 0 Å². The fourth-order valence-electron chi connectivity index (χ4n) is 1.87. The van der Waals surface area contributed by atoms with Gasteiger partial charge in [-0.2, -0.15) is 0 Å². The van der Waals surface area contributed by atoms with Crippen molar-refractivity contribution in [2.75, 3.05) is 0 Å². The molecule has 0 aliphatic rings. The number of carbonyl (C=O) groups is 1. The summed E-state index contributed by atoms with van der Waals surface area (Å²) in [5.41, 5.74) is 2.13. The summed E-state index contributed by atoms with van der Waals surface area (Å²) in [7, 11) is 0. The van der Waals surface area contributed by atoms with Gasteiger partial charge in [0.15, 0.2) is 0 Å². The molecule has 0 unspecified atom stereocenters. The van der Waals surface area contributed by atoms with Crippen molar-refractivity contribution in [1.82, 2.24) is 9.97 Å². The van der Waals surface area contributed by atoms with Crippen LogP contribution in [0.3, 0.4) is 0 Å². The van der Waals surface area contributed by atoms with Crippen molar-refractivity contribution in [3.63, 3.8) is 0 Å². The largest absolute Gasteiger partial charge is 0.477 e. The van der Waals surface area contributed by atoms with Gasteiger partial charge in [0.1, 0.15) is 9.88 Å². The SMILES string of the molecule is O=C(O)c1sc(-c2cccnc2)nc1-c1ccccc1. The summed E-state index contributed by atoms with van der Waals surface area (Å²) in [6.07, 6.45) is 3.35. The van der Waals surface area contributed by atoms with Gasteiger partial charge in [0.05, 0.1) is 5.69 Å². The van der Waals surface area contributed by atoms with Crippen molar-refractivity contribution < 1.29 is 9.90 Å². The molecule has 0 fully saturated rings. The number of nitrogens with zero attached hydrogens (tertiary/aromatic N) is 2. The van der Waals surface area contributed by atoms with E-state index in [-0.39, 0.29) is 4.88 Å². The highest BCUT2D eigenvalue weighted by molar-refractivity contribution is 7.17. The van der Waals surface area contributed by atoms with Crippen LogP contribution in [-0.4, -0.2) is 21.0 Å². The van der Waals surface area contributed by atoms with Gasteiger partial charge in [0.2, 0.25) is 0 Å². The normalized spacial score (nSPS) is 10.4. The van der Waals surface area contributed by atoms with Crippen LogP contribution in [0, 0.1) is 0 Å². The van der Waals surface area contributed by atoms with Crippen LogP contribution in [0.1, 0.15) is 9.67 Å². The summed E-state index contributed by atoms with van der Waals surface area (Å²) in [5.74, 6) is -0.962. The highest BCUT2D eigenvalue weighted by atomic mass is 32.1. The molecule has 4 nitrogen and oxygen atoms in total. The molecule has 20 heavy (non-hydrogen) atoms. The van der Waals surface area contributed by atoms with E-state index in [9.17, 15) is 9.90 Å². The fourth-order valence-corrected chi connectivity index (χ4v) is 2.79. The number of carboxylic acid groups (broad SMARTS) is 1. The lowest BCUT2D eigenvalue weighted by atomic mass is 10.1. The Kier molecular flexibility index (Phi) is 3.26. The summed E-state index contributed by atoms with van der Waals surface area (Å²) in [6.45, 7) is 0. The van der Waals surface area contributed by atoms with Crippen molar-refractivity contribution in [2.24, 2.45) is 0 Å². The van der Waals surface area contributed by atoms with E-state index < -0.39 is 5.97 Å². The van der Waals surface area contributed by atoms with Gasteiger partial charge in [-0.25, -0.2) is 9.78 Å². The molecular weight excluding hydrogens is 272 g/mol. The van der Waals surface area contributed by atoms with Crippen LogP contribution < -0.4 is 0 Å². The second-order valence-corrected chi connectivity index (χ2v) is 5.11. The van der Waals surface area contributed by atoms with Gasteiger partial charge in [-0.05, 0) is 12.1 Å². The molecule has 0 amide bonds. The highest BCUT2D eigenvalue weighted by Crippen LogP contribution is 2.33. The van der Waals surface area contributed by atoms with Crippen molar-refractivity contribution in [3.05, 3.63) is 59.7 Å². The van der Waals surface area contributed by atoms with Crippen LogP contribution in [0.15, 0.2) is 54.9 Å². The van der Waals surface area contributed by atoms with Gasteiger partial charge < -0.3 is 5.11 Å². The van der Waals surface area contributed by atoms with E-state index in [2.05, 4.69) is 9.97 Å². The Labute approximate surface area is 119 Å². The molecule has 0 radical (unpaired) electrons. The molecule has 0 saturated heterocycles. The first-order chi connectivity index (χ1) is 9.75. The smallest absolute Gasteiger partial charge is 0.348 e. The first-order valence-electron chi connectivity index (χ1n) is 5.95. The third-order valence-corrected chi connectivity index (χ3v) is 3.87. The average Bonchev–Trinajstić information content (AvgIpc) is 2.94. The van der Waals surface area contributed by atoms with Crippen molar-refractivity contribution in [1.29, 1.82) is 0 Å². The summed E-state index contributed by atoms with van der Waals surface area (Å²) in [5, 5.41) is 10.0. The Bertz CT molecular complexity index is 739. The van der Waals surface area contributed by atoms with Crippen LogP contribution >= 0.6 is 11.3 Å². The minimum absolute atomic E-state index is 0.245. The molecule has 0 bridgehead atoms. The summed E-state index contributed by atoms with van der Waals surface area (Å²) >= 11 is 1.16. The Hall–Kier alpha value is -2.53. The van der Waals surface area contributed by atoms with E-state index in [4.69, 9.17) is 0 Å². The second-order valence-electron chi connectivity index (χ2n) is 4.11. The van der Waals surface area contributed by atoms with Gasteiger partial charge in [-0.3, -0.25) is 4.98 Å². The van der Waals surface area contributed by atoms with Gasteiger partial charge in [-0.1, -0.05) is 30.3 Å². The monoisotopic (exact) mass is 282 g/mol. The number of hydrogen-bond donors (Lipinski definition) is 1. The van der Waals surface area contributed by atoms with Crippen LogP contribution in [0.4, 0.5) is 0 Å². The third kappa shape index (κ3) is 2.31. The first-order valence-corrected chi connectivity index (χ1v) is 6.77. The maximum absolute atomic E-state index is 11.4. The predicted molar refractivity (Wildman–Crippen MR) is 77.7 cm³/mol. The minimum Gasteiger partial charge on any atom is -0.477 e. The lowest BCUT2D eigenvalue weighted by molar-refractivity contribution is 0.0702. The zero-order valence-electron chi connectivity index (χ0n) is 10.4. The molecule has 1 N–H and O–H groups in total. The molecule has 0 aliphatic heterocycles. The molecular formula is C15H10N2O2S. The Morgan fingerprint density at radius 1 is 1.05 bits per heavy atom. The van der Waals surface area contributed by atoms with Gasteiger partial charge in [0, 0.05) is 23.5 Å². The first kappa shape index (κ1) is 12.5. The molecule has 2 aromatic heterocycles. The maximum Gasteiger partial charge on any atom is 0.348 e. The Morgan fingerprint density at radius 3 is 2.45 bits per heavy atom. The topological polar surface area (TPSA) is 63.1 Å². The van der Waals surface area contributed by atoms with Crippen LogP contribution in [0.2, 0.25) is 0 Å². The van der Waals surface area contributed by atoms with Gasteiger partial charge >= 0.3 is 5.97 Å². The average molecular weight is 282 g/mol. The summed E-state index contributed by atoms with van der Waals surface area (Å²) in [4.78, 5) is 20.1. The molecule has 3 aromatic rings.